The summed E-state index contributed by atoms with van der Waals surface area (Å²) in [7, 11) is 0. The third-order valence-corrected chi connectivity index (χ3v) is 4.51. The van der Waals surface area contributed by atoms with Crippen LogP contribution in [0.25, 0.3) is 0 Å². The van der Waals surface area contributed by atoms with E-state index in [0.717, 1.165) is 31.4 Å². The van der Waals surface area contributed by atoms with Crippen molar-refractivity contribution in [1.82, 2.24) is 5.32 Å². The van der Waals surface area contributed by atoms with Crippen LogP contribution >= 0.6 is 0 Å². The highest BCUT2D eigenvalue weighted by Gasteiger charge is 2.34. The monoisotopic (exact) mass is 293 g/mol. The van der Waals surface area contributed by atoms with E-state index >= 15 is 0 Å². The molecule has 2 atom stereocenters. The Balaban J connectivity index is 1.92. The normalized spacial score (nSPS) is 25.8. The first-order chi connectivity index (χ1) is 10.1. The molecule has 1 aromatic rings. The molecule has 4 nitrogen and oxygen atoms in total. The third-order valence-electron chi connectivity index (χ3n) is 4.51. The Labute approximate surface area is 127 Å². The minimum absolute atomic E-state index is 0.0641. The Morgan fingerprint density at radius 3 is 2.90 bits per heavy atom. The van der Waals surface area contributed by atoms with Crippen LogP contribution in [-0.4, -0.2) is 29.5 Å². The average Bonchev–Trinajstić information content (AvgIpc) is 2.46. The van der Waals surface area contributed by atoms with Crippen LogP contribution in [0.4, 0.5) is 0 Å². The topological polar surface area (TPSA) is 61.7 Å². The number of hydrogen-bond acceptors (Lipinski definition) is 4. The number of benzene rings is 1. The number of ether oxygens (including phenoxy) is 1. The van der Waals surface area contributed by atoms with E-state index in [1.165, 1.54) is 6.42 Å². The minimum atomic E-state index is -0.234. The number of aliphatic hydroxyl groups excluding tert-OH is 1. The molecule has 1 saturated carbocycles. The number of phenolic OH excluding ortho intramolecular Hbond substituents is 1. The molecule has 3 N–H and O–H groups in total. The first-order valence-electron chi connectivity index (χ1n) is 7.89. The van der Waals surface area contributed by atoms with Gasteiger partial charge in [-0.2, -0.15) is 0 Å². The predicted molar refractivity (Wildman–Crippen MR) is 83.6 cm³/mol. The zero-order chi connectivity index (χ0) is 15.3. The largest absolute Gasteiger partial charge is 0.504 e. The van der Waals surface area contributed by atoms with E-state index < -0.39 is 0 Å². The van der Waals surface area contributed by atoms with Crippen molar-refractivity contribution in [2.45, 2.75) is 52.2 Å². The molecule has 1 aliphatic carbocycles. The number of aromatic hydroxyl groups is 1. The fraction of sp³-hybridized carbons (Fsp3) is 0.647. The lowest BCUT2D eigenvalue weighted by molar-refractivity contribution is 0.00113. The second kappa shape index (κ2) is 7.14. The molecule has 1 aliphatic rings. The molecule has 118 valence electrons. The summed E-state index contributed by atoms with van der Waals surface area (Å²) in [5.41, 5.74) is 0.764. The summed E-state index contributed by atoms with van der Waals surface area (Å²) >= 11 is 0. The van der Waals surface area contributed by atoms with Crippen LogP contribution in [0.5, 0.6) is 11.5 Å². The van der Waals surface area contributed by atoms with Crippen LogP contribution in [0, 0.1) is 5.41 Å². The van der Waals surface area contributed by atoms with Crippen molar-refractivity contribution >= 4 is 0 Å². The molecule has 0 saturated heterocycles. The van der Waals surface area contributed by atoms with Gasteiger partial charge in [-0.05, 0) is 25.8 Å². The summed E-state index contributed by atoms with van der Waals surface area (Å²) in [4.78, 5) is 0. The zero-order valence-corrected chi connectivity index (χ0v) is 13.1. The number of rotatable bonds is 6. The van der Waals surface area contributed by atoms with Gasteiger partial charge in [0.1, 0.15) is 0 Å². The Morgan fingerprint density at radius 2 is 2.19 bits per heavy atom. The first kappa shape index (κ1) is 16.1. The van der Waals surface area contributed by atoms with Crippen molar-refractivity contribution < 1.29 is 14.9 Å². The maximum atomic E-state index is 10.2. The lowest BCUT2D eigenvalue weighted by atomic mass is 9.73. The van der Waals surface area contributed by atoms with Crippen molar-refractivity contribution in [3.63, 3.8) is 0 Å². The predicted octanol–water partition coefficient (Wildman–Crippen LogP) is 2.82. The quantitative estimate of drug-likeness (QED) is 0.755. The van der Waals surface area contributed by atoms with E-state index in [0.29, 0.717) is 18.9 Å². The smallest absolute Gasteiger partial charge is 0.162 e. The molecule has 0 radical (unpaired) electrons. The minimum Gasteiger partial charge on any atom is -0.504 e. The number of hydrogen-bond donors (Lipinski definition) is 3. The molecule has 4 heteroatoms. The molecule has 0 heterocycles. The Bertz CT molecular complexity index is 463. The summed E-state index contributed by atoms with van der Waals surface area (Å²) in [5, 5.41) is 23.7. The molecule has 0 spiro atoms. The summed E-state index contributed by atoms with van der Waals surface area (Å²) in [6, 6.07) is 5.55. The average molecular weight is 293 g/mol. The van der Waals surface area contributed by atoms with Gasteiger partial charge in [0.2, 0.25) is 0 Å². The summed E-state index contributed by atoms with van der Waals surface area (Å²) in [6.45, 7) is 5.91. The van der Waals surface area contributed by atoms with Crippen LogP contribution in [0.1, 0.15) is 45.1 Å². The third kappa shape index (κ3) is 3.89. The molecular formula is C17H27NO3. The van der Waals surface area contributed by atoms with Crippen molar-refractivity contribution in [2.24, 2.45) is 5.41 Å². The van der Waals surface area contributed by atoms with E-state index in [4.69, 9.17) is 4.74 Å². The first-order valence-corrected chi connectivity index (χ1v) is 7.89. The molecule has 21 heavy (non-hydrogen) atoms. The molecule has 0 aliphatic heterocycles. The van der Waals surface area contributed by atoms with Gasteiger partial charge in [0, 0.05) is 24.1 Å². The van der Waals surface area contributed by atoms with E-state index in [1.807, 2.05) is 19.1 Å². The van der Waals surface area contributed by atoms with E-state index in [2.05, 4.69) is 12.2 Å². The van der Waals surface area contributed by atoms with Gasteiger partial charge in [0.25, 0.3) is 0 Å². The summed E-state index contributed by atoms with van der Waals surface area (Å²) in [5.74, 6) is 0.738. The van der Waals surface area contributed by atoms with Gasteiger partial charge in [0.05, 0.1) is 12.7 Å². The second-order valence-corrected chi connectivity index (χ2v) is 6.22. The fourth-order valence-corrected chi connectivity index (χ4v) is 3.05. The molecule has 0 aromatic heterocycles. The second-order valence-electron chi connectivity index (χ2n) is 6.22. The van der Waals surface area contributed by atoms with E-state index in [-0.39, 0.29) is 17.3 Å². The number of para-hydroxylation sites is 1. The number of phenols is 1. The van der Waals surface area contributed by atoms with Crippen molar-refractivity contribution in [2.75, 3.05) is 13.2 Å². The zero-order valence-electron chi connectivity index (χ0n) is 13.1. The van der Waals surface area contributed by atoms with Crippen LogP contribution < -0.4 is 10.1 Å². The van der Waals surface area contributed by atoms with E-state index in [9.17, 15) is 10.2 Å². The highest BCUT2D eigenvalue weighted by atomic mass is 16.5. The Morgan fingerprint density at radius 1 is 1.38 bits per heavy atom. The molecular weight excluding hydrogens is 266 g/mol. The summed E-state index contributed by atoms with van der Waals surface area (Å²) < 4.78 is 5.39. The number of nitrogens with one attached hydrogen (secondary N) is 1. The SMILES string of the molecule is CCOc1cccc(CNCC2(C)CCCCC2O)c1O. The standard InChI is InChI=1S/C17H27NO3/c1-3-21-14-8-6-7-13(16(14)20)11-18-12-17(2)10-5-4-9-15(17)19/h6-8,15,18-20H,3-5,9-12H2,1-2H3. The Hall–Kier alpha value is -1.26. The maximum Gasteiger partial charge on any atom is 0.162 e. The van der Waals surface area contributed by atoms with Crippen LogP contribution in [0.2, 0.25) is 0 Å². The molecule has 0 bridgehead atoms. The van der Waals surface area contributed by atoms with Gasteiger partial charge in [-0.15, -0.1) is 0 Å². The van der Waals surface area contributed by atoms with E-state index in [1.54, 1.807) is 6.07 Å². The van der Waals surface area contributed by atoms with Gasteiger partial charge in [-0.25, -0.2) is 0 Å². The van der Waals surface area contributed by atoms with Crippen LogP contribution in [-0.2, 0) is 6.54 Å². The van der Waals surface area contributed by atoms with Gasteiger partial charge >= 0.3 is 0 Å². The van der Waals surface area contributed by atoms with Crippen LogP contribution in [0.3, 0.4) is 0 Å². The summed E-state index contributed by atoms with van der Waals surface area (Å²) in [6.07, 6.45) is 4.01. The molecule has 2 rings (SSSR count). The van der Waals surface area contributed by atoms with Gasteiger partial charge < -0.3 is 20.3 Å². The molecule has 2 unspecified atom stereocenters. The van der Waals surface area contributed by atoms with Gasteiger partial charge in [0.15, 0.2) is 11.5 Å². The van der Waals surface area contributed by atoms with Gasteiger partial charge in [-0.1, -0.05) is 31.9 Å². The maximum absolute atomic E-state index is 10.2. The Kier molecular flexibility index (Phi) is 5.48. The molecule has 1 fully saturated rings. The molecule has 1 aromatic carbocycles. The van der Waals surface area contributed by atoms with Crippen molar-refractivity contribution in [1.29, 1.82) is 0 Å². The fourth-order valence-electron chi connectivity index (χ4n) is 3.05. The lowest BCUT2D eigenvalue weighted by Gasteiger charge is -2.38. The van der Waals surface area contributed by atoms with Crippen molar-refractivity contribution in [3.05, 3.63) is 23.8 Å². The molecule has 0 amide bonds. The highest BCUT2D eigenvalue weighted by molar-refractivity contribution is 5.45. The number of aliphatic hydroxyl groups is 1. The van der Waals surface area contributed by atoms with Gasteiger partial charge in [-0.3, -0.25) is 0 Å². The van der Waals surface area contributed by atoms with Crippen molar-refractivity contribution in [3.8, 4) is 11.5 Å². The lowest BCUT2D eigenvalue weighted by Crippen LogP contribution is -2.43. The van der Waals surface area contributed by atoms with Crippen LogP contribution in [0.15, 0.2) is 18.2 Å². The highest BCUT2D eigenvalue weighted by Crippen LogP contribution is 2.36.